The van der Waals surface area contributed by atoms with Crippen LogP contribution >= 0.6 is 0 Å². The molecule has 0 fully saturated rings. The molecule has 0 saturated carbocycles. The van der Waals surface area contributed by atoms with Crippen molar-refractivity contribution in [1.82, 2.24) is 0 Å². The lowest BCUT2D eigenvalue weighted by Crippen LogP contribution is -2.30. The molecule has 362 valence electrons. The summed E-state index contributed by atoms with van der Waals surface area (Å²) < 4.78 is 16.7. The molecule has 6 heteroatoms. The van der Waals surface area contributed by atoms with E-state index in [2.05, 4.69) is 118 Å². The van der Waals surface area contributed by atoms with Crippen molar-refractivity contribution in [3.63, 3.8) is 0 Å². The Morgan fingerprint density at radius 3 is 1.06 bits per heavy atom. The van der Waals surface area contributed by atoms with Crippen molar-refractivity contribution in [3.05, 3.63) is 109 Å². The molecule has 64 heavy (non-hydrogen) atoms. The molecule has 0 aromatic carbocycles. The van der Waals surface area contributed by atoms with Crippen LogP contribution in [0.2, 0.25) is 0 Å². The first-order valence-electron chi connectivity index (χ1n) is 25.9. The number of allylic oxidation sites excluding steroid dienone is 18. The summed E-state index contributed by atoms with van der Waals surface area (Å²) >= 11 is 0. The number of carbonyl (C=O) groups is 3. The van der Waals surface area contributed by atoms with Crippen LogP contribution in [0.1, 0.15) is 220 Å². The van der Waals surface area contributed by atoms with Crippen LogP contribution in [0.15, 0.2) is 109 Å². The summed E-state index contributed by atoms with van der Waals surface area (Å²) in [5.41, 5.74) is 0. The second-order valence-electron chi connectivity index (χ2n) is 16.7. The van der Waals surface area contributed by atoms with E-state index in [1.54, 1.807) is 0 Å². The van der Waals surface area contributed by atoms with Gasteiger partial charge in [0.05, 0.1) is 0 Å². The standard InChI is InChI=1S/C58H94O6/c1-4-7-10-13-16-19-22-25-27-28-29-30-31-34-36-39-42-45-48-51-57(60)63-54-55(53-62-56(59)50-47-44-41-38-35-32-24-21-18-15-12-9-6-3)64-58(61)52-49-46-43-40-37-33-26-23-20-17-14-11-8-5-2/h7,9-10,12,16,18-19,21,23,25-27,29-30,32,35,41,44,55H,4-6,8,11,13-15,17,20,22,24,28,31,33-34,36-40,42-43,45-54H2,1-3H3/b10-7-,12-9-,19-16-,21-18-,26-23-,27-25-,30-29-,35-32-,44-41-. The zero-order valence-corrected chi connectivity index (χ0v) is 41.3. The lowest BCUT2D eigenvalue weighted by Gasteiger charge is -2.18. The van der Waals surface area contributed by atoms with Crippen LogP contribution in [-0.2, 0) is 28.6 Å². The molecule has 0 aliphatic carbocycles. The van der Waals surface area contributed by atoms with Crippen LogP contribution < -0.4 is 0 Å². The monoisotopic (exact) mass is 887 g/mol. The highest BCUT2D eigenvalue weighted by molar-refractivity contribution is 5.71. The van der Waals surface area contributed by atoms with Crippen LogP contribution in [0.4, 0.5) is 0 Å². The topological polar surface area (TPSA) is 78.9 Å². The number of unbranched alkanes of at least 4 members (excludes halogenated alkanes) is 16. The molecule has 0 aliphatic heterocycles. The first kappa shape index (κ1) is 60.1. The van der Waals surface area contributed by atoms with E-state index in [9.17, 15) is 14.4 Å². The summed E-state index contributed by atoms with van der Waals surface area (Å²) in [7, 11) is 0. The first-order chi connectivity index (χ1) is 31.5. The fraction of sp³-hybridized carbons (Fsp3) is 0.638. The molecule has 0 heterocycles. The van der Waals surface area contributed by atoms with Crippen LogP contribution in [0.3, 0.4) is 0 Å². The van der Waals surface area contributed by atoms with Gasteiger partial charge in [-0.15, -0.1) is 0 Å². The molecule has 1 unspecified atom stereocenters. The van der Waals surface area contributed by atoms with E-state index in [4.69, 9.17) is 14.2 Å². The van der Waals surface area contributed by atoms with E-state index in [1.165, 1.54) is 57.8 Å². The van der Waals surface area contributed by atoms with Crippen molar-refractivity contribution in [2.45, 2.75) is 226 Å². The van der Waals surface area contributed by atoms with Crippen molar-refractivity contribution in [2.24, 2.45) is 0 Å². The summed E-state index contributed by atoms with van der Waals surface area (Å²) in [5, 5.41) is 0. The molecule has 0 rings (SSSR count). The Hall–Kier alpha value is -3.93. The van der Waals surface area contributed by atoms with Crippen LogP contribution in [0, 0.1) is 0 Å². The number of ether oxygens (including phenoxy) is 3. The summed E-state index contributed by atoms with van der Waals surface area (Å²) in [4.78, 5) is 37.9. The molecule has 0 bridgehead atoms. The molecule has 0 N–H and O–H groups in total. The van der Waals surface area contributed by atoms with Gasteiger partial charge in [0.25, 0.3) is 0 Å². The molecule has 1 atom stereocenters. The van der Waals surface area contributed by atoms with Gasteiger partial charge >= 0.3 is 17.9 Å². The van der Waals surface area contributed by atoms with Crippen molar-refractivity contribution < 1.29 is 28.6 Å². The highest BCUT2D eigenvalue weighted by Crippen LogP contribution is 2.13. The fourth-order valence-electron chi connectivity index (χ4n) is 6.68. The van der Waals surface area contributed by atoms with Gasteiger partial charge in [0.2, 0.25) is 0 Å². The van der Waals surface area contributed by atoms with E-state index in [-0.39, 0.29) is 37.5 Å². The molecular formula is C58H94O6. The third kappa shape index (κ3) is 49.1. The minimum Gasteiger partial charge on any atom is -0.462 e. The molecule has 0 saturated heterocycles. The largest absolute Gasteiger partial charge is 0.462 e. The number of rotatable bonds is 45. The Bertz CT molecular complexity index is 1340. The molecule has 0 spiro atoms. The normalized spacial score (nSPS) is 13.0. The van der Waals surface area contributed by atoms with Gasteiger partial charge in [0.15, 0.2) is 6.10 Å². The van der Waals surface area contributed by atoms with Crippen LogP contribution in [0.5, 0.6) is 0 Å². The summed E-state index contributed by atoms with van der Waals surface area (Å²) in [5.74, 6) is -1.02. The maximum Gasteiger partial charge on any atom is 0.306 e. The number of carbonyl (C=O) groups excluding carboxylic acids is 3. The number of hydrogen-bond donors (Lipinski definition) is 0. The second-order valence-corrected chi connectivity index (χ2v) is 16.7. The summed E-state index contributed by atoms with van der Waals surface area (Å²) in [6.45, 7) is 6.30. The van der Waals surface area contributed by atoms with E-state index >= 15 is 0 Å². The van der Waals surface area contributed by atoms with Gasteiger partial charge in [-0.3, -0.25) is 14.4 Å². The molecule has 0 aromatic rings. The molecule has 0 aliphatic rings. The van der Waals surface area contributed by atoms with Crippen molar-refractivity contribution >= 4 is 17.9 Å². The Balaban J connectivity index is 4.49. The van der Waals surface area contributed by atoms with Gasteiger partial charge in [-0.1, -0.05) is 201 Å². The number of hydrogen-bond acceptors (Lipinski definition) is 6. The average molecular weight is 887 g/mol. The quantitative estimate of drug-likeness (QED) is 0.0262. The van der Waals surface area contributed by atoms with Gasteiger partial charge in [-0.05, 0) is 109 Å². The van der Waals surface area contributed by atoms with Crippen LogP contribution in [0.25, 0.3) is 0 Å². The van der Waals surface area contributed by atoms with Gasteiger partial charge in [0, 0.05) is 19.3 Å². The van der Waals surface area contributed by atoms with Gasteiger partial charge in [-0.2, -0.15) is 0 Å². The Labute approximate surface area is 393 Å². The summed E-state index contributed by atoms with van der Waals surface area (Å²) in [6.07, 6.45) is 69.4. The zero-order chi connectivity index (χ0) is 46.5. The van der Waals surface area contributed by atoms with E-state index in [1.807, 2.05) is 12.2 Å². The molecule has 0 aromatic heterocycles. The second kappa shape index (κ2) is 51.7. The highest BCUT2D eigenvalue weighted by Gasteiger charge is 2.19. The average Bonchev–Trinajstić information content (AvgIpc) is 3.29. The lowest BCUT2D eigenvalue weighted by atomic mass is 10.1. The predicted molar refractivity (Wildman–Crippen MR) is 274 cm³/mol. The molecular weight excluding hydrogens is 793 g/mol. The Morgan fingerprint density at radius 1 is 0.328 bits per heavy atom. The van der Waals surface area contributed by atoms with E-state index in [0.717, 1.165) is 116 Å². The first-order valence-corrected chi connectivity index (χ1v) is 25.9. The number of esters is 3. The molecule has 6 nitrogen and oxygen atoms in total. The van der Waals surface area contributed by atoms with Crippen molar-refractivity contribution in [2.75, 3.05) is 13.2 Å². The summed E-state index contributed by atoms with van der Waals surface area (Å²) in [6, 6.07) is 0. The van der Waals surface area contributed by atoms with Gasteiger partial charge in [-0.25, -0.2) is 0 Å². The SMILES string of the molecule is CC/C=C\C/C=C\C/C=C\C/C=C\CCCCCCCCC(=O)OCC(COC(=O)CC/C=C\C/C=C\C/C=C\C/C=C\CC)OC(=O)CCCCCCC/C=C\CCCCCCC. The predicted octanol–water partition coefficient (Wildman–Crippen LogP) is 17.1. The molecule has 0 amide bonds. The van der Waals surface area contributed by atoms with Crippen LogP contribution in [-0.4, -0.2) is 37.2 Å². The van der Waals surface area contributed by atoms with Crippen molar-refractivity contribution in [3.8, 4) is 0 Å². The van der Waals surface area contributed by atoms with E-state index in [0.29, 0.717) is 19.3 Å². The Morgan fingerprint density at radius 2 is 0.641 bits per heavy atom. The zero-order valence-electron chi connectivity index (χ0n) is 41.3. The van der Waals surface area contributed by atoms with Crippen molar-refractivity contribution in [1.29, 1.82) is 0 Å². The van der Waals surface area contributed by atoms with Gasteiger partial charge in [0.1, 0.15) is 13.2 Å². The lowest BCUT2D eigenvalue weighted by molar-refractivity contribution is -0.166. The smallest absolute Gasteiger partial charge is 0.306 e. The minimum atomic E-state index is -0.818. The van der Waals surface area contributed by atoms with E-state index < -0.39 is 6.10 Å². The minimum absolute atomic E-state index is 0.113. The maximum atomic E-state index is 12.8. The van der Waals surface area contributed by atoms with Gasteiger partial charge < -0.3 is 14.2 Å². The third-order valence-corrected chi connectivity index (χ3v) is 10.5. The highest BCUT2D eigenvalue weighted by atomic mass is 16.6. The fourth-order valence-corrected chi connectivity index (χ4v) is 6.68. The molecule has 0 radical (unpaired) electrons. The Kier molecular flexibility index (Phi) is 48.5. The maximum absolute atomic E-state index is 12.8. The third-order valence-electron chi connectivity index (χ3n) is 10.5.